The van der Waals surface area contributed by atoms with E-state index in [1.165, 1.54) is 55.2 Å². The van der Waals surface area contributed by atoms with Crippen molar-refractivity contribution in [3.05, 3.63) is 206 Å². The van der Waals surface area contributed by atoms with Crippen molar-refractivity contribution in [2.45, 2.75) is 6.92 Å². The Balaban J connectivity index is 1.05. The van der Waals surface area contributed by atoms with E-state index in [-0.39, 0.29) is 0 Å². The summed E-state index contributed by atoms with van der Waals surface area (Å²) in [4.78, 5) is 0. The number of aromatic nitrogens is 4. The summed E-state index contributed by atoms with van der Waals surface area (Å²) in [7, 11) is 0. The fourth-order valence-electron chi connectivity index (χ4n) is 7.92. The molecule has 55 heavy (non-hydrogen) atoms. The highest BCUT2D eigenvalue weighted by Gasteiger charge is 2.19. The molecule has 8 aromatic carbocycles. The molecule has 0 radical (unpaired) electrons. The zero-order chi connectivity index (χ0) is 36.7. The lowest BCUT2D eigenvalue weighted by Gasteiger charge is -2.16. The fourth-order valence-corrected chi connectivity index (χ4v) is 7.92. The number of nitrogens with zero attached hydrogens (tertiary/aromatic N) is 4. The predicted octanol–water partition coefficient (Wildman–Crippen LogP) is 13.0. The average Bonchev–Trinajstić information content (AvgIpc) is 3.85. The van der Waals surface area contributed by atoms with Gasteiger partial charge < -0.3 is 4.57 Å². The Labute approximate surface area is 320 Å². The van der Waals surface area contributed by atoms with Crippen LogP contribution in [0.15, 0.2) is 200 Å². The molecule has 260 valence electrons. The summed E-state index contributed by atoms with van der Waals surface area (Å²) in [6, 6.07) is 71.3. The first-order valence-electron chi connectivity index (χ1n) is 18.7. The van der Waals surface area contributed by atoms with Crippen LogP contribution in [0.3, 0.4) is 0 Å². The molecule has 0 bridgehead atoms. The van der Waals surface area contributed by atoms with Gasteiger partial charge in [0.15, 0.2) is 11.6 Å². The molecule has 2 heterocycles. The number of benzene rings is 8. The van der Waals surface area contributed by atoms with Crippen LogP contribution in [0.25, 0.3) is 89.3 Å². The second-order valence-electron chi connectivity index (χ2n) is 14.0. The second kappa shape index (κ2) is 13.6. The molecule has 0 aliphatic carbocycles. The summed E-state index contributed by atoms with van der Waals surface area (Å²) in [6.07, 6.45) is 0. The highest BCUT2D eigenvalue weighted by atomic mass is 15.3. The minimum atomic E-state index is 0.802. The maximum absolute atomic E-state index is 4.74. The minimum absolute atomic E-state index is 0.802. The lowest BCUT2D eigenvalue weighted by molar-refractivity contribution is 1.07. The monoisotopic (exact) mass is 704 g/mol. The molecule has 0 fully saturated rings. The van der Waals surface area contributed by atoms with Crippen molar-refractivity contribution in [2.24, 2.45) is 0 Å². The zero-order valence-electron chi connectivity index (χ0n) is 30.3. The van der Waals surface area contributed by atoms with Crippen molar-refractivity contribution in [1.82, 2.24) is 19.3 Å². The molecule has 10 rings (SSSR count). The van der Waals surface area contributed by atoms with Gasteiger partial charge in [0, 0.05) is 33.3 Å². The van der Waals surface area contributed by atoms with Crippen molar-refractivity contribution in [3.8, 4) is 67.5 Å². The predicted molar refractivity (Wildman–Crippen MR) is 228 cm³/mol. The maximum Gasteiger partial charge on any atom is 0.168 e. The fraction of sp³-hybridized carbons (Fsp3) is 0.0196. The molecule has 0 saturated heterocycles. The van der Waals surface area contributed by atoms with E-state index in [9.17, 15) is 0 Å². The van der Waals surface area contributed by atoms with E-state index in [2.05, 4.69) is 210 Å². The van der Waals surface area contributed by atoms with E-state index < -0.39 is 0 Å². The van der Waals surface area contributed by atoms with Crippen LogP contribution in [0.2, 0.25) is 0 Å². The van der Waals surface area contributed by atoms with Gasteiger partial charge in [-0.2, -0.15) is 0 Å². The minimum Gasteiger partial charge on any atom is -0.309 e. The highest BCUT2D eigenvalue weighted by Crippen LogP contribution is 2.41. The Hall–Kier alpha value is -7.30. The van der Waals surface area contributed by atoms with Crippen LogP contribution >= 0.6 is 0 Å². The number of rotatable bonds is 7. The number of hydrogen-bond donors (Lipinski definition) is 0. The highest BCUT2D eigenvalue weighted by molar-refractivity contribution is 6.11. The second-order valence-corrected chi connectivity index (χ2v) is 14.0. The Morgan fingerprint density at radius 2 is 0.764 bits per heavy atom. The summed E-state index contributed by atoms with van der Waals surface area (Å²) >= 11 is 0. The van der Waals surface area contributed by atoms with E-state index in [1.807, 2.05) is 6.07 Å². The third-order valence-electron chi connectivity index (χ3n) is 10.6. The molecule has 4 heteroatoms. The van der Waals surface area contributed by atoms with Gasteiger partial charge in [0.25, 0.3) is 0 Å². The van der Waals surface area contributed by atoms with Gasteiger partial charge in [0.2, 0.25) is 0 Å². The van der Waals surface area contributed by atoms with Crippen molar-refractivity contribution in [3.63, 3.8) is 0 Å². The molecular weight excluding hydrogens is 669 g/mol. The first kappa shape index (κ1) is 32.4. The topological polar surface area (TPSA) is 35.6 Å². The van der Waals surface area contributed by atoms with E-state index >= 15 is 0 Å². The molecular formula is C51H36N4. The van der Waals surface area contributed by atoms with Gasteiger partial charge in [0.1, 0.15) is 0 Å². The van der Waals surface area contributed by atoms with Crippen LogP contribution in [0.5, 0.6) is 0 Å². The average molecular weight is 705 g/mol. The van der Waals surface area contributed by atoms with E-state index in [0.717, 1.165) is 39.7 Å². The normalized spacial score (nSPS) is 11.4. The van der Waals surface area contributed by atoms with Gasteiger partial charge in [-0.1, -0.05) is 163 Å². The standard InChI is InChI=1S/C51H36N4/c1-35-24-26-37(27-25-35)50-52-53-51(55(50)41-16-6-3-7-17-41)38-30-28-36(29-31-38)42-18-8-10-20-44(42)45-21-11-9-19-43(45)39-32-33-49-47(34-39)46-22-12-13-23-48(46)54(49)40-14-4-2-5-15-40/h2-34H,1H3. The van der Waals surface area contributed by atoms with Crippen LogP contribution in [0, 0.1) is 6.92 Å². The first-order chi connectivity index (χ1) is 27.2. The van der Waals surface area contributed by atoms with Crippen LogP contribution in [0.4, 0.5) is 0 Å². The molecule has 0 spiro atoms. The first-order valence-corrected chi connectivity index (χ1v) is 18.7. The van der Waals surface area contributed by atoms with Crippen molar-refractivity contribution in [2.75, 3.05) is 0 Å². The Morgan fingerprint density at radius 3 is 1.38 bits per heavy atom. The number of fused-ring (bicyclic) bond motifs is 3. The molecule has 0 saturated carbocycles. The molecule has 2 aromatic heterocycles. The van der Waals surface area contributed by atoms with Gasteiger partial charge in [-0.25, -0.2) is 0 Å². The molecule has 0 aliphatic heterocycles. The Kier molecular flexibility index (Phi) is 8.00. The van der Waals surface area contributed by atoms with Crippen LogP contribution in [-0.4, -0.2) is 19.3 Å². The Morgan fingerprint density at radius 1 is 0.327 bits per heavy atom. The summed E-state index contributed by atoms with van der Waals surface area (Å²) in [6.45, 7) is 2.10. The van der Waals surface area contributed by atoms with E-state index in [0.29, 0.717) is 0 Å². The number of hydrogen-bond acceptors (Lipinski definition) is 2. The van der Waals surface area contributed by atoms with Crippen LogP contribution in [0.1, 0.15) is 5.56 Å². The van der Waals surface area contributed by atoms with E-state index in [4.69, 9.17) is 10.2 Å². The van der Waals surface area contributed by atoms with Gasteiger partial charge in [-0.3, -0.25) is 4.57 Å². The van der Waals surface area contributed by atoms with Crippen molar-refractivity contribution in [1.29, 1.82) is 0 Å². The Bertz CT molecular complexity index is 2960. The van der Waals surface area contributed by atoms with Gasteiger partial charge in [-0.05, 0) is 82.8 Å². The van der Waals surface area contributed by atoms with Crippen LogP contribution < -0.4 is 0 Å². The van der Waals surface area contributed by atoms with Gasteiger partial charge in [0.05, 0.1) is 11.0 Å². The maximum atomic E-state index is 4.74. The zero-order valence-corrected chi connectivity index (χ0v) is 30.3. The summed E-state index contributed by atoms with van der Waals surface area (Å²) < 4.78 is 4.52. The molecule has 0 amide bonds. The smallest absolute Gasteiger partial charge is 0.168 e. The van der Waals surface area contributed by atoms with Crippen molar-refractivity contribution >= 4 is 21.8 Å². The lowest BCUT2D eigenvalue weighted by atomic mass is 9.89. The molecule has 0 unspecified atom stereocenters. The lowest BCUT2D eigenvalue weighted by Crippen LogP contribution is -2.00. The third-order valence-corrected chi connectivity index (χ3v) is 10.6. The van der Waals surface area contributed by atoms with E-state index in [1.54, 1.807) is 0 Å². The van der Waals surface area contributed by atoms with Gasteiger partial charge >= 0.3 is 0 Å². The SMILES string of the molecule is Cc1ccc(-c2nnc(-c3ccc(-c4ccccc4-c4ccccc4-c4ccc5c(c4)c4ccccc4n5-c4ccccc4)cc3)n2-c2ccccc2)cc1. The summed E-state index contributed by atoms with van der Waals surface area (Å²) in [5.74, 6) is 1.62. The molecule has 0 atom stereocenters. The quantitative estimate of drug-likeness (QED) is 0.166. The summed E-state index contributed by atoms with van der Waals surface area (Å²) in [5.41, 5.74) is 14.9. The third kappa shape index (κ3) is 5.72. The number of para-hydroxylation sites is 3. The molecule has 10 aromatic rings. The van der Waals surface area contributed by atoms with Crippen LogP contribution in [-0.2, 0) is 0 Å². The molecule has 4 nitrogen and oxygen atoms in total. The summed E-state index contributed by atoms with van der Waals surface area (Å²) in [5, 5.41) is 11.9. The molecule has 0 aliphatic rings. The van der Waals surface area contributed by atoms with Crippen molar-refractivity contribution < 1.29 is 0 Å². The number of aryl methyl sites for hydroxylation is 1. The van der Waals surface area contributed by atoms with Gasteiger partial charge in [-0.15, -0.1) is 10.2 Å². The molecule has 0 N–H and O–H groups in total. The largest absolute Gasteiger partial charge is 0.309 e.